The van der Waals surface area contributed by atoms with Gasteiger partial charge in [-0.2, -0.15) is 0 Å². The van der Waals surface area contributed by atoms with E-state index in [2.05, 4.69) is 5.32 Å². The molecule has 1 atom stereocenters. The lowest BCUT2D eigenvalue weighted by Crippen LogP contribution is -3.07. The van der Waals surface area contributed by atoms with Gasteiger partial charge in [0, 0.05) is 34.8 Å². The lowest BCUT2D eigenvalue weighted by molar-refractivity contribution is -0.890. The fraction of sp³-hybridized carbons (Fsp3) is 0.333. The molecule has 0 spiro atoms. The predicted molar refractivity (Wildman–Crippen MR) is 107 cm³/mol. The van der Waals surface area contributed by atoms with Crippen LogP contribution in [-0.2, 0) is 4.79 Å². The van der Waals surface area contributed by atoms with Gasteiger partial charge in [-0.05, 0) is 36.8 Å². The van der Waals surface area contributed by atoms with Gasteiger partial charge < -0.3 is 15.1 Å². The van der Waals surface area contributed by atoms with Crippen molar-refractivity contribution < 1.29 is 14.5 Å². The van der Waals surface area contributed by atoms with Crippen LogP contribution in [0.3, 0.4) is 0 Å². The fourth-order valence-electron chi connectivity index (χ4n) is 3.39. The molecule has 27 heavy (non-hydrogen) atoms. The number of nitrogens with zero attached hydrogens (tertiary/aromatic N) is 1. The number of benzene rings is 2. The minimum Gasteiger partial charge on any atom is -0.346 e. The van der Waals surface area contributed by atoms with E-state index < -0.39 is 0 Å². The second-order valence-corrected chi connectivity index (χ2v) is 7.46. The van der Waals surface area contributed by atoms with Crippen molar-refractivity contribution in [2.75, 3.05) is 32.1 Å². The summed E-state index contributed by atoms with van der Waals surface area (Å²) in [6.45, 7) is 1.23. The van der Waals surface area contributed by atoms with Crippen molar-refractivity contribution in [3.63, 3.8) is 0 Å². The van der Waals surface area contributed by atoms with Crippen LogP contribution >= 0.6 is 11.6 Å². The van der Waals surface area contributed by atoms with Crippen LogP contribution in [0.15, 0.2) is 48.5 Å². The van der Waals surface area contributed by atoms with E-state index in [1.165, 1.54) is 4.90 Å². The third-order valence-corrected chi connectivity index (χ3v) is 5.30. The molecular weight excluding hydrogens is 362 g/mol. The molecule has 2 amide bonds. The van der Waals surface area contributed by atoms with Crippen molar-refractivity contribution in [1.29, 1.82) is 0 Å². The first-order chi connectivity index (χ1) is 13.0. The summed E-state index contributed by atoms with van der Waals surface area (Å²) in [7, 11) is 4.09. The molecule has 1 aliphatic heterocycles. The highest BCUT2D eigenvalue weighted by Gasteiger charge is 2.23. The summed E-state index contributed by atoms with van der Waals surface area (Å²) in [4.78, 5) is 27.3. The number of hydrogen-bond donors (Lipinski definition) is 2. The molecule has 142 valence electrons. The Bertz CT molecular complexity index is 820. The zero-order chi connectivity index (χ0) is 19.4. The standard InChI is InChI=1S/C21H24ClN3O2/c1-24(2)19(17-6-3-4-7-18(17)22)14-23-21(27)15-9-11-16(12-10-15)25-13-5-8-20(25)26/h3-4,6-7,9-12,19H,5,8,13-14H2,1-2H3,(H,23,27)/p+1/t19-/m1/s1. The van der Waals surface area contributed by atoms with E-state index in [1.54, 1.807) is 17.0 Å². The lowest BCUT2D eigenvalue weighted by Gasteiger charge is -2.23. The largest absolute Gasteiger partial charge is 0.346 e. The van der Waals surface area contributed by atoms with E-state index in [4.69, 9.17) is 11.6 Å². The van der Waals surface area contributed by atoms with Crippen molar-refractivity contribution in [1.82, 2.24) is 5.32 Å². The van der Waals surface area contributed by atoms with Crippen molar-refractivity contribution in [2.45, 2.75) is 18.9 Å². The Labute approximate surface area is 164 Å². The number of carbonyl (C=O) groups excluding carboxylic acids is 2. The Balaban J connectivity index is 1.66. The molecule has 0 aliphatic carbocycles. The molecule has 1 saturated heterocycles. The predicted octanol–water partition coefficient (Wildman–Crippen LogP) is 2.08. The van der Waals surface area contributed by atoms with Gasteiger partial charge in [0.25, 0.3) is 5.91 Å². The summed E-state index contributed by atoms with van der Waals surface area (Å²) in [5, 5.41) is 3.71. The van der Waals surface area contributed by atoms with E-state index in [0.29, 0.717) is 23.6 Å². The van der Waals surface area contributed by atoms with Crippen molar-refractivity contribution in [2.24, 2.45) is 0 Å². The molecule has 2 N–H and O–H groups in total. The zero-order valence-electron chi connectivity index (χ0n) is 15.7. The van der Waals surface area contributed by atoms with Gasteiger partial charge in [0.15, 0.2) is 0 Å². The van der Waals surface area contributed by atoms with Gasteiger partial charge in [0.2, 0.25) is 5.91 Å². The van der Waals surface area contributed by atoms with Crippen LogP contribution in [0, 0.1) is 0 Å². The van der Waals surface area contributed by atoms with Crippen LogP contribution in [0.25, 0.3) is 0 Å². The van der Waals surface area contributed by atoms with Crippen LogP contribution in [0.4, 0.5) is 5.69 Å². The highest BCUT2D eigenvalue weighted by molar-refractivity contribution is 6.31. The Morgan fingerprint density at radius 3 is 2.48 bits per heavy atom. The maximum absolute atomic E-state index is 12.6. The van der Waals surface area contributed by atoms with Crippen molar-refractivity contribution in [3.05, 3.63) is 64.7 Å². The zero-order valence-corrected chi connectivity index (χ0v) is 16.4. The number of likely N-dealkylation sites (N-methyl/N-ethyl adjacent to an activating group) is 1. The lowest BCUT2D eigenvalue weighted by atomic mass is 10.1. The topological polar surface area (TPSA) is 53.9 Å². The maximum atomic E-state index is 12.6. The molecule has 0 radical (unpaired) electrons. The van der Waals surface area contributed by atoms with E-state index in [9.17, 15) is 9.59 Å². The van der Waals surface area contributed by atoms with Crippen LogP contribution in [0.2, 0.25) is 5.02 Å². The second kappa shape index (κ2) is 8.55. The molecule has 1 aliphatic rings. The molecule has 0 saturated carbocycles. The summed E-state index contributed by atoms with van der Waals surface area (Å²) < 4.78 is 0. The van der Waals surface area contributed by atoms with Crippen LogP contribution in [-0.4, -0.2) is 39.0 Å². The molecule has 1 fully saturated rings. The second-order valence-electron chi connectivity index (χ2n) is 7.06. The number of carbonyl (C=O) groups is 2. The fourth-order valence-corrected chi connectivity index (χ4v) is 3.66. The quantitative estimate of drug-likeness (QED) is 0.798. The summed E-state index contributed by atoms with van der Waals surface area (Å²) in [5.74, 6) is 0.0105. The van der Waals surface area contributed by atoms with E-state index in [0.717, 1.165) is 24.2 Å². The normalized spacial score (nSPS) is 15.3. The average Bonchev–Trinajstić information content (AvgIpc) is 3.09. The van der Waals surface area contributed by atoms with Crippen LogP contribution in [0.1, 0.15) is 34.8 Å². The van der Waals surface area contributed by atoms with Crippen LogP contribution < -0.4 is 15.1 Å². The van der Waals surface area contributed by atoms with E-state index in [-0.39, 0.29) is 17.9 Å². The molecule has 1 heterocycles. The Morgan fingerprint density at radius 2 is 1.89 bits per heavy atom. The van der Waals surface area contributed by atoms with Gasteiger partial charge in [-0.3, -0.25) is 9.59 Å². The summed E-state index contributed by atoms with van der Waals surface area (Å²) >= 11 is 6.33. The molecule has 0 unspecified atom stereocenters. The monoisotopic (exact) mass is 386 g/mol. The summed E-state index contributed by atoms with van der Waals surface area (Å²) in [5.41, 5.74) is 2.44. The Morgan fingerprint density at radius 1 is 1.19 bits per heavy atom. The maximum Gasteiger partial charge on any atom is 0.251 e. The number of hydrogen-bond acceptors (Lipinski definition) is 2. The van der Waals surface area contributed by atoms with Gasteiger partial charge in [0.1, 0.15) is 6.04 Å². The van der Waals surface area contributed by atoms with Crippen LogP contribution in [0.5, 0.6) is 0 Å². The number of rotatable bonds is 6. The van der Waals surface area contributed by atoms with E-state index in [1.807, 2.05) is 50.5 Å². The highest BCUT2D eigenvalue weighted by atomic mass is 35.5. The number of amides is 2. The minimum absolute atomic E-state index is 0.0594. The minimum atomic E-state index is -0.132. The van der Waals surface area contributed by atoms with Gasteiger partial charge in [0.05, 0.1) is 20.6 Å². The SMILES string of the molecule is C[NH+](C)[C@H](CNC(=O)c1ccc(N2CCCC2=O)cc1)c1ccccc1Cl. The molecule has 0 bridgehead atoms. The first-order valence-electron chi connectivity index (χ1n) is 9.20. The molecular formula is C21H25ClN3O2+. The molecule has 2 aromatic rings. The smallest absolute Gasteiger partial charge is 0.251 e. The summed E-state index contributed by atoms with van der Waals surface area (Å²) in [6, 6.07) is 15.0. The van der Waals surface area contributed by atoms with Crippen molar-refractivity contribution >= 4 is 29.1 Å². The summed E-state index contributed by atoms with van der Waals surface area (Å²) in [6.07, 6.45) is 1.48. The van der Waals surface area contributed by atoms with E-state index >= 15 is 0 Å². The van der Waals surface area contributed by atoms with Gasteiger partial charge in [-0.25, -0.2) is 0 Å². The molecule has 6 heteroatoms. The van der Waals surface area contributed by atoms with Gasteiger partial charge >= 0.3 is 0 Å². The first kappa shape index (κ1) is 19.4. The highest BCUT2D eigenvalue weighted by Crippen LogP contribution is 2.22. The number of nitrogens with one attached hydrogen (secondary N) is 2. The third-order valence-electron chi connectivity index (χ3n) is 4.96. The number of quaternary nitrogens is 1. The first-order valence-corrected chi connectivity index (χ1v) is 9.58. The molecule has 2 aromatic carbocycles. The molecule has 0 aromatic heterocycles. The number of anilines is 1. The Kier molecular flexibility index (Phi) is 6.14. The third kappa shape index (κ3) is 4.49. The average molecular weight is 387 g/mol. The Hall–Kier alpha value is -2.37. The molecule has 3 rings (SSSR count). The van der Waals surface area contributed by atoms with Gasteiger partial charge in [-0.1, -0.05) is 29.8 Å². The van der Waals surface area contributed by atoms with Crippen molar-refractivity contribution in [3.8, 4) is 0 Å². The molecule has 5 nitrogen and oxygen atoms in total. The number of halogens is 1. The van der Waals surface area contributed by atoms with Gasteiger partial charge in [-0.15, -0.1) is 0 Å².